The number of rotatable bonds is 8. The zero-order chi connectivity index (χ0) is 26.1. The van der Waals surface area contributed by atoms with Crippen LogP contribution >= 0.6 is 0 Å². The van der Waals surface area contributed by atoms with Crippen molar-refractivity contribution in [2.45, 2.75) is 57.2 Å². The van der Waals surface area contributed by atoms with Gasteiger partial charge in [-0.05, 0) is 37.1 Å². The van der Waals surface area contributed by atoms with Crippen molar-refractivity contribution < 1.29 is 28.6 Å². The fourth-order valence-corrected chi connectivity index (χ4v) is 5.60. The lowest BCUT2D eigenvalue weighted by atomic mass is 9.94. The van der Waals surface area contributed by atoms with E-state index < -0.39 is 25.9 Å². The summed E-state index contributed by atoms with van der Waals surface area (Å²) in [4.78, 5) is 41.0. The lowest BCUT2D eigenvalue weighted by Gasteiger charge is -2.36. The summed E-state index contributed by atoms with van der Waals surface area (Å²) in [6.07, 6.45) is 1.61. The topological polar surface area (TPSA) is 95.3 Å². The highest BCUT2D eigenvalue weighted by Crippen LogP contribution is 2.33. The lowest BCUT2D eigenvalue weighted by Crippen LogP contribution is -2.53. The number of alkyl halides is 1. The Balaban J connectivity index is 1.51. The minimum atomic E-state index is -1.67. The third kappa shape index (κ3) is 5.72. The SMILES string of the molecule is C[Si](C)(C)CCOCN1C(=O)CCN(c2cccc3c2ccn3CC2(F)CCCN(C(=O)O)C2)C1=O. The number of fused-ring (bicyclic) bond motifs is 1. The fraction of sp³-hybridized carbons (Fsp3) is 0.560. The number of urea groups is 1. The van der Waals surface area contributed by atoms with Gasteiger partial charge in [0.15, 0.2) is 0 Å². The zero-order valence-electron chi connectivity index (χ0n) is 21.2. The van der Waals surface area contributed by atoms with Gasteiger partial charge in [0.25, 0.3) is 0 Å². The molecule has 1 N–H and O–H groups in total. The van der Waals surface area contributed by atoms with Crippen molar-refractivity contribution in [2.24, 2.45) is 0 Å². The number of halogens is 1. The third-order valence-corrected chi connectivity index (χ3v) is 8.57. The summed E-state index contributed by atoms with van der Waals surface area (Å²) in [7, 11) is -1.29. The molecule has 0 aliphatic carbocycles. The number of likely N-dealkylation sites (tertiary alicyclic amines) is 1. The number of imide groups is 1. The molecule has 4 amide bonds. The molecule has 11 heteroatoms. The predicted molar refractivity (Wildman–Crippen MR) is 138 cm³/mol. The largest absolute Gasteiger partial charge is 0.465 e. The first-order valence-electron chi connectivity index (χ1n) is 12.4. The van der Waals surface area contributed by atoms with E-state index in [-0.39, 0.29) is 45.1 Å². The van der Waals surface area contributed by atoms with Gasteiger partial charge in [-0.15, -0.1) is 0 Å². The van der Waals surface area contributed by atoms with E-state index in [1.807, 2.05) is 24.3 Å². The molecule has 0 bridgehead atoms. The van der Waals surface area contributed by atoms with E-state index in [2.05, 4.69) is 19.6 Å². The fourth-order valence-electron chi connectivity index (χ4n) is 4.84. The highest BCUT2D eigenvalue weighted by molar-refractivity contribution is 6.76. The second-order valence-electron chi connectivity index (χ2n) is 11.0. The maximum Gasteiger partial charge on any atom is 0.407 e. The normalized spacial score (nSPS) is 21.5. The molecule has 9 nitrogen and oxygen atoms in total. The molecule has 2 aliphatic rings. The third-order valence-electron chi connectivity index (χ3n) is 6.86. The van der Waals surface area contributed by atoms with E-state index in [9.17, 15) is 19.5 Å². The summed E-state index contributed by atoms with van der Waals surface area (Å²) in [5, 5.41) is 10.1. The van der Waals surface area contributed by atoms with Gasteiger partial charge in [0, 0.05) is 45.8 Å². The first-order chi connectivity index (χ1) is 17.0. The second-order valence-corrected chi connectivity index (χ2v) is 16.6. The molecule has 4 rings (SSSR count). The number of carboxylic acid groups (broad SMARTS) is 1. The molecular formula is C25H35FN4O5Si. The number of carbonyl (C=O) groups is 3. The van der Waals surface area contributed by atoms with Crippen molar-refractivity contribution in [3.63, 3.8) is 0 Å². The molecule has 2 aromatic rings. The van der Waals surface area contributed by atoms with Gasteiger partial charge < -0.3 is 19.3 Å². The molecule has 2 fully saturated rings. The van der Waals surface area contributed by atoms with Crippen LogP contribution in [0.25, 0.3) is 10.9 Å². The predicted octanol–water partition coefficient (Wildman–Crippen LogP) is 4.59. The van der Waals surface area contributed by atoms with Gasteiger partial charge in [-0.1, -0.05) is 25.7 Å². The Kier molecular flexibility index (Phi) is 7.42. The molecule has 2 saturated heterocycles. The number of carbonyl (C=O) groups excluding carboxylic acids is 2. The molecule has 36 heavy (non-hydrogen) atoms. The van der Waals surface area contributed by atoms with E-state index >= 15 is 4.39 Å². The van der Waals surface area contributed by atoms with E-state index in [1.165, 1.54) is 0 Å². The highest BCUT2D eigenvalue weighted by Gasteiger charge is 2.38. The Morgan fingerprint density at radius 1 is 1.19 bits per heavy atom. The van der Waals surface area contributed by atoms with Crippen molar-refractivity contribution >= 4 is 42.7 Å². The Morgan fingerprint density at radius 3 is 2.69 bits per heavy atom. The van der Waals surface area contributed by atoms with Crippen LogP contribution < -0.4 is 4.90 Å². The van der Waals surface area contributed by atoms with Crippen LogP contribution in [-0.2, 0) is 16.1 Å². The minimum Gasteiger partial charge on any atom is -0.465 e. The average Bonchev–Trinajstić information content (AvgIpc) is 3.20. The summed E-state index contributed by atoms with van der Waals surface area (Å²) in [5.41, 5.74) is -0.269. The summed E-state index contributed by atoms with van der Waals surface area (Å²) in [6, 6.07) is 7.84. The summed E-state index contributed by atoms with van der Waals surface area (Å²) < 4.78 is 23.1. The van der Waals surface area contributed by atoms with Crippen LogP contribution in [0.2, 0.25) is 25.7 Å². The quantitative estimate of drug-likeness (QED) is 0.407. The number of hydrogen-bond donors (Lipinski definition) is 1. The van der Waals surface area contributed by atoms with Crippen molar-refractivity contribution in [1.82, 2.24) is 14.4 Å². The average molecular weight is 519 g/mol. The van der Waals surface area contributed by atoms with E-state index in [1.54, 1.807) is 15.7 Å². The molecule has 0 saturated carbocycles. The first-order valence-corrected chi connectivity index (χ1v) is 16.1. The van der Waals surface area contributed by atoms with Gasteiger partial charge >= 0.3 is 12.1 Å². The summed E-state index contributed by atoms with van der Waals surface area (Å²) in [6.45, 7) is 7.61. The molecule has 1 atom stereocenters. The van der Waals surface area contributed by atoms with Crippen molar-refractivity contribution in [1.29, 1.82) is 0 Å². The maximum absolute atomic E-state index is 15.7. The van der Waals surface area contributed by atoms with Crippen LogP contribution in [0.1, 0.15) is 19.3 Å². The number of aromatic nitrogens is 1. The smallest absolute Gasteiger partial charge is 0.407 e. The molecule has 1 aromatic heterocycles. The van der Waals surface area contributed by atoms with Crippen LogP contribution in [0.15, 0.2) is 30.5 Å². The number of piperidine rings is 1. The molecule has 0 spiro atoms. The zero-order valence-corrected chi connectivity index (χ0v) is 22.2. The van der Waals surface area contributed by atoms with Gasteiger partial charge in [-0.2, -0.15) is 0 Å². The van der Waals surface area contributed by atoms with E-state index in [0.717, 1.165) is 26.7 Å². The van der Waals surface area contributed by atoms with E-state index in [0.29, 0.717) is 25.3 Å². The molecule has 3 heterocycles. The number of benzene rings is 1. The van der Waals surface area contributed by atoms with Gasteiger partial charge in [0.05, 0.1) is 24.3 Å². The summed E-state index contributed by atoms with van der Waals surface area (Å²) in [5.74, 6) is -0.256. The number of ether oxygens (including phenoxy) is 1. The number of anilines is 1. The Labute approximate surface area is 211 Å². The highest BCUT2D eigenvalue weighted by atomic mass is 28.3. The van der Waals surface area contributed by atoms with Crippen molar-refractivity contribution in [3.8, 4) is 0 Å². The molecule has 0 radical (unpaired) electrons. The monoisotopic (exact) mass is 518 g/mol. The van der Waals surface area contributed by atoms with Gasteiger partial charge in [0.2, 0.25) is 5.91 Å². The van der Waals surface area contributed by atoms with E-state index in [4.69, 9.17) is 4.74 Å². The van der Waals surface area contributed by atoms with Gasteiger partial charge in [0.1, 0.15) is 12.4 Å². The van der Waals surface area contributed by atoms with Crippen LogP contribution in [-0.4, -0.2) is 84.2 Å². The van der Waals surface area contributed by atoms with Crippen molar-refractivity contribution in [3.05, 3.63) is 30.5 Å². The first kappa shape index (κ1) is 26.1. The number of amides is 4. The number of nitrogens with zero attached hydrogens (tertiary/aromatic N) is 4. The lowest BCUT2D eigenvalue weighted by molar-refractivity contribution is -0.133. The van der Waals surface area contributed by atoms with Gasteiger partial charge in [-0.25, -0.2) is 18.9 Å². The van der Waals surface area contributed by atoms with Crippen LogP contribution in [0.3, 0.4) is 0 Å². The molecule has 1 aromatic carbocycles. The minimum absolute atomic E-state index is 0.0211. The maximum atomic E-state index is 15.7. The Hall–Kier alpha value is -2.92. The molecular weight excluding hydrogens is 483 g/mol. The summed E-state index contributed by atoms with van der Waals surface area (Å²) >= 11 is 0. The van der Waals surface area contributed by atoms with Crippen molar-refractivity contribution in [2.75, 3.05) is 37.9 Å². The standard InChI is InChI=1S/C25H35FN4O5Si/c1-36(2,3)15-14-35-18-30-22(31)9-13-29(23(30)32)21-7-4-6-20-19(21)8-12-27(20)16-25(26)10-5-11-28(17-25)24(33)34/h4,6-8,12H,5,9-11,13-18H2,1-3H3,(H,33,34). The molecule has 196 valence electrons. The van der Waals surface area contributed by atoms with Crippen LogP contribution in [0.5, 0.6) is 0 Å². The Morgan fingerprint density at radius 2 is 1.97 bits per heavy atom. The second kappa shape index (κ2) is 10.2. The van der Waals surface area contributed by atoms with Crippen LogP contribution in [0.4, 0.5) is 19.7 Å². The Bertz CT molecular complexity index is 1150. The molecule has 2 aliphatic heterocycles. The van der Waals surface area contributed by atoms with Crippen LogP contribution in [0, 0.1) is 0 Å². The van der Waals surface area contributed by atoms with Gasteiger partial charge in [-0.3, -0.25) is 9.69 Å². The molecule has 1 unspecified atom stereocenters. The number of hydrogen-bond acceptors (Lipinski definition) is 4.